The molecule has 3 rings (SSSR count). The number of nitrogens with zero attached hydrogens (tertiary/aromatic N) is 3. The molecule has 2 aromatic rings. The van der Waals surface area contributed by atoms with Gasteiger partial charge < -0.3 is 9.41 Å². The van der Waals surface area contributed by atoms with Crippen molar-refractivity contribution in [2.24, 2.45) is 7.05 Å². The van der Waals surface area contributed by atoms with Crippen LogP contribution in [0.2, 0.25) is 0 Å². The van der Waals surface area contributed by atoms with Gasteiger partial charge in [0.25, 0.3) is 0 Å². The molecule has 0 spiro atoms. The van der Waals surface area contributed by atoms with Crippen LogP contribution in [-0.2, 0) is 20.0 Å². The molecule has 0 N–H and O–H groups in total. The number of hydrogen-bond acceptors (Lipinski definition) is 1. The Hall–Kier alpha value is -1.79. The first-order valence-corrected chi connectivity index (χ1v) is 7.92. The number of para-hydroxylation sites is 1. The molecule has 0 unspecified atom stereocenters. The molecule has 21 heavy (non-hydrogen) atoms. The standard InChI is InChI=1S/C16H19N3.C2H6/c1-17-9-5-10-19-11-8-16-14(12-19)13-6-3-4-7-15(13)18(16)2;1-2/h3-4,6-7H,5,8-12H2,2H3;1-2H3. The number of aromatic nitrogens is 1. The van der Waals surface area contributed by atoms with Crippen LogP contribution in [0.3, 0.4) is 0 Å². The number of benzene rings is 1. The quantitative estimate of drug-likeness (QED) is 0.615. The van der Waals surface area contributed by atoms with E-state index in [0.717, 1.165) is 32.5 Å². The van der Waals surface area contributed by atoms with Crippen molar-refractivity contribution in [3.63, 3.8) is 0 Å². The van der Waals surface area contributed by atoms with E-state index in [-0.39, 0.29) is 0 Å². The molecule has 0 aliphatic carbocycles. The topological polar surface area (TPSA) is 12.5 Å². The molecule has 0 bridgehead atoms. The number of rotatable bonds is 3. The van der Waals surface area contributed by atoms with Crippen LogP contribution in [0, 0.1) is 6.57 Å². The molecule has 0 atom stereocenters. The summed E-state index contributed by atoms with van der Waals surface area (Å²) in [4.78, 5) is 5.92. The first-order chi connectivity index (χ1) is 10.3. The fourth-order valence-corrected chi connectivity index (χ4v) is 3.15. The molecule has 0 fully saturated rings. The summed E-state index contributed by atoms with van der Waals surface area (Å²) in [6.45, 7) is 14.7. The predicted molar refractivity (Wildman–Crippen MR) is 89.3 cm³/mol. The van der Waals surface area contributed by atoms with E-state index in [4.69, 9.17) is 6.57 Å². The van der Waals surface area contributed by atoms with Gasteiger partial charge in [0.05, 0.1) is 0 Å². The van der Waals surface area contributed by atoms with Crippen LogP contribution in [0.25, 0.3) is 15.7 Å². The van der Waals surface area contributed by atoms with Crippen molar-refractivity contribution in [1.82, 2.24) is 9.47 Å². The minimum atomic E-state index is 0.652. The van der Waals surface area contributed by atoms with Gasteiger partial charge in [-0.3, -0.25) is 4.90 Å². The summed E-state index contributed by atoms with van der Waals surface area (Å²) in [5.74, 6) is 0. The first-order valence-electron chi connectivity index (χ1n) is 7.92. The normalized spacial score (nSPS) is 14.2. The van der Waals surface area contributed by atoms with Gasteiger partial charge in [0.2, 0.25) is 6.54 Å². The second kappa shape index (κ2) is 7.28. The smallest absolute Gasteiger partial charge is 0.215 e. The van der Waals surface area contributed by atoms with Gasteiger partial charge in [-0.2, -0.15) is 0 Å². The van der Waals surface area contributed by atoms with E-state index in [1.54, 1.807) is 0 Å². The zero-order valence-electron chi connectivity index (χ0n) is 13.4. The fourth-order valence-electron chi connectivity index (χ4n) is 3.15. The van der Waals surface area contributed by atoms with E-state index >= 15 is 0 Å². The minimum absolute atomic E-state index is 0.652. The van der Waals surface area contributed by atoms with Crippen LogP contribution >= 0.6 is 0 Å². The predicted octanol–water partition coefficient (Wildman–Crippen LogP) is 3.87. The van der Waals surface area contributed by atoms with Crippen molar-refractivity contribution in [2.45, 2.75) is 33.2 Å². The van der Waals surface area contributed by atoms with Crippen molar-refractivity contribution in [1.29, 1.82) is 0 Å². The molecule has 1 aliphatic rings. The highest BCUT2D eigenvalue weighted by Crippen LogP contribution is 2.29. The summed E-state index contributed by atoms with van der Waals surface area (Å²) in [6, 6.07) is 8.68. The summed E-state index contributed by atoms with van der Waals surface area (Å²) >= 11 is 0. The second-order valence-electron chi connectivity index (χ2n) is 5.26. The third kappa shape index (κ3) is 3.11. The number of hydrogen-bond donors (Lipinski definition) is 0. The summed E-state index contributed by atoms with van der Waals surface area (Å²) in [5, 5.41) is 1.40. The van der Waals surface area contributed by atoms with Crippen molar-refractivity contribution in [3.8, 4) is 0 Å². The van der Waals surface area contributed by atoms with E-state index in [2.05, 4.69) is 45.6 Å². The molecule has 2 heterocycles. The molecule has 0 amide bonds. The van der Waals surface area contributed by atoms with Crippen LogP contribution in [0.5, 0.6) is 0 Å². The highest BCUT2D eigenvalue weighted by atomic mass is 15.1. The van der Waals surface area contributed by atoms with Gasteiger partial charge >= 0.3 is 0 Å². The average molecular weight is 283 g/mol. The molecule has 1 aromatic carbocycles. The molecule has 0 saturated carbocycles. The maximum absolute atomic E-state index is 6.85. The zero-order valence-corrected chi connectivity index (χ0v) is 13.4. The van der Waals surface area contributed by atoms with Crippen LogP contribution in [0.15, 0.2) is 24.3 Å². The Balaban J connectivity index is 0.000000774. The lowest BCUT2D eigenvalue weighted by atomic mass is 10.0. The number of fused-ring (bicyclic) bond motifs is 3. The van der Waals surface area contributed by atoms with E-state index < -0.39 is 0 Å². The first kappa shape index (κ1) is 15.6. The molecule has 3 nitrogen and oxygen atoms in total. The van der Waals surface area contributed by atoms with Gasteiger partial charge in [-0.05, 0) is 11.6 Å². The maximum Gasteiger partial charge on any atom is 0.215 e. The summed E-state index contributed by atoms with van der Waals surface area (Å²) < 4.78 is 2.35. The summed E-state index contributed by atoms with van der Waals surface area (Å²) in [7, 11) is 2.18. The van der Waals surface area contributed by atoms with Crippen molar-refractivity contribution in [3.05, 3.63) is 46.9 Å². The van der Waals surface area contributed by atoms with Gasteiger partial charge in [-0.1, -0.05) is 32.0 Å². The SMILES string of the molecule is CC.[C-]#[N+]CCCN1CCc2c(c3ccccc3n2C)C1. The molecule has 1 aliphatic heterocycles. The molecule has 112 valence electrons. The van der Waals surface area contributed by atoms with Crippen LogP contribution in [-0.4, -0.2) is 29.1 Å². The average Bonchev–Trinajstić information content (AvgIpc) is 2.83. The molecular weight excluding hydrogens is 258 g/mol. The Bertz CT molecular complexity index is 634. The largest absolute Gasteiger partial charge is 0.347 e. The summed E-state index contributed by atoms with van der Waals surface area (Å²) in [6.07, 6.45) is 2.11. The van der Waals surface area contributed by atoms with Crippen LogP contribution < -0.4 is 0 Å². The molecule has 1 aromatic heterocycles. The van der Waals surface area contributed by atoms with Gasteiger partial charge in [0.15, 0.2) is 0 Å². The van der Waals surface area contributed by atoms with Gasteiger partial charge in [0, 0.05) is 56.1 Å². The van der Waals surface area contributed by atoms with E-state index in [1.165, 1.54) is 22.2 Å². The lowest BCUT2D eigenvalue weighted by molar-refractivity contribution is 0.252. The Morgan fingerprint density at radius 1 is 1.24 bits per heavy atom. The van der Waals surface area contributed by atoms with Crippen LogP contribution in [0.1, 0.15) is 31.5 Å². The Morgan fingerprint density at radius 2 is 2.00 bits per heavy atom. The molecule has 0 radical (unpaired) electrons. The lowest BCUT2D eigenvalue weighted by Gasteiger charge is -2.27. The van der Waals surface area contributed by atoms with Crippen molar-refractivity contribution >= 4 is 10.9 Å². The molecule has 0 saturated heterocycles. The van der Waals surface area contributed by atoms with Gasteiger partial charge in [-0.25, -0.2) is 6.57 Å². The Kier molecular flexibility index (Phi) is 5.41. The van der Waals surface area contributed by atoms with Crippen molar-refractivity contribution < 1.29 is 0 Å². The van der Waals surface area contributed by atoms with Gasteiger partial charge in [-0.15, -0.1) is 0 Å². The number of aryl methyl sites for hydroxylation is 1. The van der Waals surface area contributed by atoms with E-state index in [9.17, 15) is 0 Å². The van der Waals surface area contributed by atoms with Crippen molar-refractivity contribution in [2.75, 3.05) is 19.6 Å². The minimum Gasteiger partial charge on any atom is -0.347 e. The molecular formula is C18H25N3. The van der Waals surface area contributed by atoms with E-state index in [0.29, 0.717) is 6.54 Å². The monoisotopic (exact) mass is 283 g/mol. The highest BCUT2D eigenvalue weighted by molar-refractivity contribution is 5.85. The third-order valence-electron chi connectivity index (χ3n) is 4.13. The highest BCUT2D eigenvalue weighted by Gasteiger charge is 2.22. The summed E-state index contributed by atoms with van der Waals surface area (Å²) in [5.41, 5.74) is 4.32. The van der Waals surface area contributed by atoms with Gasteiger partial charge in [0.1, 0.15) is 0 Å². The Labute approximate surface area is 128 Å². The molecule has 3 heteroatoms. The maximum atomic E-state index is 6.85. The fraction of sp³-hybridized carbons (Fsp3) is 0.500. The Morgan fingerprint density at radius 3 is 2.76 bits per heavy atom. The second-order valence-corrected chi connectivity index (χ2v) is 5.26. The van der Waals surface area contributed by atoms with Crippen LogP contribution in [0.4, 0.5) is 0 Å². The lowest BCUT2D eigenvalue weighted by Crippen LogP contribution is -2.32. The zero-order chi connectivity index (χ0) is 15.2. The van der Waals surface area contributed by atoms with E-state index in [1.807, 2.05) is 13.8 Å². The third-order valence-corrected chi connectivity index (χ3v) is 4.13.